The number of hydrogen-bond acceptors (Lipinski definition) is 3. The summed E-state index contributed by atoms with van der Waals surface area (Å²) >= 11 is 0. The topological polar surface area (TPSA) is 67.2 Å². The quantitative estimate of drug-likeness (QED) is 0.712. The van der Waals surface area contributed by atoms with Crippen molar-refractivity contribution in [2.45, 2.75) is 39.2 Å². The van der Waals surface area contributed by atoms with Crippen molar-refractivity contribution in [1.82, 2.24) is 20.0 Å². The molecule has 0 atom stereocenters. The number of rotatable bonds is 9. The fourth-order valence-corrected chi connectivity index (χ4v) is 2.56. The summed E-state index contributed by atoms with van der Waals surface area (Å²) in [6.07, 6.45) is 6.96. The maximum atomic E-state index is 12.2. The number of unbranched alkanes of at least 4 members (excludes halogenated alkanes) is 2. The van der Waals surface area contributed by atoms with E-state index in [1.54, 1.807) is 11.1 Å². The highest BCUT2D eigenvalue weighted by molar-refractivity contribution is 5.75. The average molecular weight is 342 g/mol. The third-order valence-electron chi connectivity index (χ3n) is 3.94. The molecule has 0 unspecified atom stereocenters. The van der Waals surface area contributed by atoms with Crippen LogP contribution in [0.2, 0.25) is 0 Å². The normalized spacial score (nSPS) is 10.5. The summed E-state index contributed by atoms with van der Waals surface area (Å²) in [6, 6.07) is 9.90. The standard InChI is InChI=1S/C19H26N4O2/c1-16(24)20-12-8-4-7-11-19(25)22(2)14-17-13-21-23(15-17)18-9-5-3-6-10-18/h3,5-6,9-10,13,15H,4,7-8,11-12,14H2,1-2H3,(H,20,24). The van der Waals surface area contributed by atoms with E-state index in [2.05, 4.69) is 10.4 Å². The Bertz CT molecular complexity index is 682. The molecular formula is C19H26N4O2. The highest BCUT2D eigenvalue weighted by Gasteiger charge is 2.10. The molecule has 1 N–H and O–H groups in total. The van der Waals surface area contributed by atoms with Crippen LogP contribution in [0, 0.1) is 0 Å². The minimum Gasteiger partial charge on any atom is -0.356 e. The molecule has 134 valence electrons. The molecule has 2 aromatic rings. The molecule has 0 radical (unpaired) electrons. The van der Waals surface area contributed by atoms with Gasteiger partial charge in [0, 0.05) is 45.2 Å². The van der Waals surface area contributed by atoms with E-state index in [0.717, 1.165) is 30.5 Å². The third-order valence-corrected chi connectivity index (χ3v) is 3.94. The molecule has 0 saturated heterocycles. The Balaban J connectivity index is 1.72. The molecule has 1 aromatic heterocycles. The van der Waals surface area contributed by atoms with Gasteiger partial charge >= 0.3 is 0 Å². The van der Waals surface area contributed by atoms with Crippen molar-refractivity contribution in [3.63, 3.8) is 0 Å². The number of carbonyl (C=O) groups excluding carboxylic acids is 2. The van der Waals surface area contributed by atoms with Crippen LogP contribution >= 0.6 is 0 Å². The first kappa shape index (κ1) is 18.7. The summed E-state index contributed by atoms with van der Waals surface area (Å²) in [5.74, 6) is 0.124. The number of para-hydroxylation sites is 1. The summed E-state index contributed by atoms with van der Waals surface area (Å²) in [5, 5.41) is 7.11. The van der Waals surface area contributed by atoms with Crippen LogP contribution in [-0.4, -0.2) is 40.1 Å². The Morgan fingerprint density at radius 3 is 2.64 bits per heavy atom. The van der Waals surface area contributed by atoms with Crippen LogP contribution in [0.1, 0.15) is 38.2 Å². The number of aromatic nitrogens is 2. The van der Waals surface area contributed by atoms with E-state index in [-0.39, 0.29) is 11.8 Å². The molecule has 2 rings (SSSR count). The second-order valence-corrected chi connectivity index (χ2v) is 6.17. The molecule has 6 heteroatoms. The SMILES string of the molecule is CC(=O)NCCCCCC(=O)N(C)Cc1cnn(-c2ccccc2)c1. The van der Waals surface area contributed by atoms with Gasteiger partial charge in [0.2, 0.25) is 11.8 Å². The van der Waals surface area contributed by atoms with Crippen LogP contribution in [0.15, 0.2) is 42.7 Å². The number of nitrogens with one attached hydrogen (secondary N) is 1. The zero-order valence-corrected chi connectivity index (χ0v) is 14.9. The molecule has 0 bridgehead atoms. The highest BCUT2D eigenvalue weighted by atomic mass is 16.2. The third kappa shape index (κ3) is 6.41. The lowest BCUT2D eigenvalue weighted by molar-refractivity contribution is -0.130. The van der Waals surface area contributed by atoms with Gasteiger partial charge in [-0.25, -0.2) is 4.68 Å². The van der Waals surface area contributed by atoms with Gasteiger partial charge < -0.3 is 10.2 Å². The summed E-state index contributed by atoms with van der Waals surface area (Å²) in [4.78, 5) is 24.7. The lowest BCUT2D eigenvalue weighted by atomic mass is 10.1. The van der Waals surface area contributed by atoms with Gasteiger partial charge in [-0.1, -0.05) is 24.6 Å². The van der Waals surface area contributed by atoms with E-state index in [9.17, 15) is 9.59 Å². The molecule has 0 fully saturated rings. The molecule has 1 heterocycles. The second-order valence-electron chi connectivity index (χ2n) is 6.17. The number of amides is 2. The van der Waals surface area contributed by atoms with Gasteiger partial charge in [0.25, 0.3) is 0 Å². The van der Waals surface area contributed by atoms with Crippen LogP contribution in [0.3, 0.4) is 0 Å². The van der Waals surface area contributed by atoms with E-state index < -0.39 is 0 Å². The van der Waals surface area contributed by atoms with Gasteiger partial charge in [-0.15, -0.1) is 0 Å². The number of benzene rings is 1. The van der Waals surface area contributed by atoms with Crippen LogP contribution in [0.4, 0.5) is 0 Å². The largest absolute Gasteiger partial charge is 0.356 e. The van der Waals surface area contributed by atoms with Gasteiger partial charge in [0.15, 0.2) is 0 Å². The number of nitrogens with zero attached hydrogens (tertiary/aromatic N) is 3. The Morgan fingerprint density at radius 1 is 1.16 bits per heavy atom. The lowest BCUT2D eigenvalue weighted by Gasteiger charge is -2.16. The van der Waals surface area contributed by atoms with E-state index in [1.807, 2.05) is 48.3 Å². The smallest absolute Gasteiger partial charge is 0.222 e. The number of carbonyl (C=O) groups is 2. The van der Waals surface area contributed by atoms with Gasteiger partial charge in [0.05, 0.1) is 11.9 Å². The van der Waals surface area contributed by atoms with Gasteiger partial charge in [-0.2, -0.15) is 5.10 Å². The Hall–Kier alpha value is -2.63. The monoisotopic (exact) mass is 342 g/mol. The van der Waals surface area contributed by atoms with Crippen molar-refractivity contribution in [3.05, 3.63) is 48.3 Å². The minimum atomic E-state index is -0.00754. The van der Waals surface area contributed by atoms with Crippen LogP contribution < -0.4 is 5.32 Å². The first-order valence-corrected chi connectivity index (χ1v) is 8.63. The maximum Gasteiger partial charge on any atom is 0.222 e. The average Bonchev–Trinajstić information content (AvgIpc) is 3.06. The molecule has 6 nitrogen and oxygen atoms in total. The first-order valence-electron chi connectivity index (χ1n) is 8.63. The fourth-order valence-electron chi connectivity index (χ4n) is 2.56. The Kier molecular flexibility index (Phi) is 7.19. The zero-order chi connectivity index (χ0) is 18.1. The zero-order valence-electron chi connectivity index (χ0n) is 14.9. The predicted molar refractivity (Wildman–Crippen MR) is 97.2 cm³/mol. The van der Waals surface area contributed by atoms with E-state index in [0.29, 0.717) is 19.5 Å². The van der Waals surface area contributed by atoms with Crippen LogP contribution in [0.25, 0.3) is 5.69 Å². The van der Waals surface area contributed by atoms with Gasteiger partial charge in [-0.05, 0) is 25.0 Å². The predicted octanol–water partition coefficient (Wildman–Crippen LogP) is 2.53. The van der Waals surface area contributed by atoms with E-state index >= 15 is 0 Å². The molecule has 0 aliphatic heterocycles. The molecule has 0 aliphatic rings. The molecular weight excluding hydrogens is 316 g/mol. The maximum absolute atomic E-state index is 12.2. The van der Waals surface area contributed by atoms with E-state index in [4.69, 9.17) is 0 Å². The summed E-state index contributed by atoms with van der Waals surface area (Å²) < 4.78 is 1.82. The molecule has 1 aromatic carbocycles. The summed E-state index contributed by atoms with van der Waals surface area (Å²) in [5.41, 5.74) is 2.01. The van der Waals surface area contributed by atoms with Crippen LogP contribution in [0.5, 0.6) is 0 Å². The Labute approximate surface area is 148 Å². The Morgan fingerprint density at radius 2 is 1.92 bits per heavy atom. The van der Waals surface area contributed by atoms with Crippen molar-refractivity contribution >= 4 is 11.8 Å². The van der Waals surface area contributed by atoms with Gasteiger partial charge in [0.1, 0.15) is 0 Å². The second kappa shape index (κ2) is 9.61. The molecule has 25 heavy (non-hydrogen) atoms. The minimum absolute atomic E-state index is 0.00754. The fraction of sp³-hybridized carbons (Fsp3) is 0.421. The summed E-state index contributed by atoms with van der Waals surface area (Å²) in [6.45, 7) is 2.74. The highest BCUT2D eigenvalue weighted by Crippen LogP contribution is 2.10. The molecule has 0 saturated carbocycles. The lowest BCUT2D eigenvalue weighted by Crippen LogP contribution is -2.25. The molecule has 2 amide bonds. The van der Waals surface area contributed by atoms with Crippen molar-refractivity contribution in [1.29, 1.82) is 0 Å². The van der Waals surface area contributed by atoms with E-state index in [1.165, 1.54) is 6.92 Å². The first-order chi connectivity index (χ1) is 12.1. The van der Waals surface area contributed by atoms with Crippen LogP contribution in [-0.2, 0) is 16.1 Å². The van der Waals surface area contributed by atoms with Crippen molar-refractivity contribution in [2.24, 2.45) is 0 Å². The van der Waals surface area contributed by atoms with Crippen molar-refractivity contribution in [3.8, 4) is 5.69 Å². The molecule has 0 aliphatic carbocycles. The number of hydrogen-bond donors (Lipinski definition) is 1. The summed E-state index contributed by atoms with van der Waals surface area (Å²) in [7, 11) is 1.82. The molecule has 0 spiro atoms. The van der Waals surface area contributed by atoms with Gasteiger partial charge in [-0.3, -0.25) is 9.59 Å². The van der Waals surface area contributed by atoms with Crippen molar-refractivity contribution < 1.29 is 9.59 Å². The van der Waals surface area contributed by atoms with Crippen molar-refractivity contribution in [2.75, 3.05) is 13.6 Å².